The van der Waals surface area contributed by atoms with Crippen LogP contribution in [0.15, 0.2) is 47.8 Å². The molecule has 1 aromatic heterocycles. The van der Waals surface area contributed by atoms with Gasteiger partial charge in [-0.05, 0) is 23.8 Å². The average Bonchev–Trinajstić information content (AvgIpc) is 2.88. The standard InChI is InChI=1S/C15H14N2S/c1-10(16)14-9-18-15(17-14)13-7-6-11-4-2-3-5-12(11)8-13/h2-10H,16H2,1H3. The van der Waals surface area contributed by atoms with E-state index < -0.39 is 0 Å². The van der Waals surface area contributed by atoms with E-state index in [0.29, 0.717) is 0 Å². The molecule has 1 atom stereocenters. The molecule has 3 aromatic rings. The minimum Gasteiger partial charge on any atom is -0.323 e. The summed E-state index contributed by atoms with van der Waals surface area (Å²) in [5.41, 5.74) is 7.96. The molecule has 90 valence electrons. The van der Waals surface area contributed by atoms with Crippen molar-refractivity contribution < 1.29 is 0 Å². The third-order valence-corrected chi connectivity index (χ3v) is 3.89. The smallest absolute Gasteiger partial charge is 0.123 e. The number of hydrogen-bond acceptors (Lipinski definition) is 3. The van der Waals surface area contributed by atoms with Crippen molar-refractivity contribution in [3.8, 4) is 10.6 Å². The van der Waals surface area contributed by atoms with Crippen LogP contribution in [0.3, 0.4) is 0 Å². The maximum Gasteiger partial charge on any atom is 0.123 e. The normalized spacial score (nSPS) is 12.8. The lowest BCUT2D eigenvalue weighted by Crippen LogP contribution is -2.04. The fourth-order valence-corrected chi connectivity index (χ4v) is 2.87. The highest BCUT2D eigenvalue weighted by molar-refractivity contribution is 7.13. The van der Waals surface area contributed by atoms with Gasteiger partial charge in [-0.15, -0.1) is 11.3 Å². The Labute approximate surface area is 110 Å². The van der Waals surface area contributed by atoms with E-state index in [1.165, 1.54) is 10.8 Å². The Kier molecular flexibility index (Phi) is 2.86. The molecule has 0 amide bonds. The monoisotopic (exact) mass is 254 g/mol. The van der Waals surface area contributed by atoms with E-state index in [0.717, 1.165) is 16.3 Å². The molecule has 0 saturated carbocycles. The van der Waals surface area contributed by atoms with Crippen LogP contribution in [0.1, 0.15) is 18.7 Å². The van der Waals surface area contributed by atoms with E-state index >= 15 is 0 Å². The van der Waals surface area contributed by atoms with Gasteiger partial charge >= 0.3 is 0 Å². The fourth-order valence-electron chi connectivity index (χ4n) is 1.95. The summed E-state index contributed by atoms with van der Waals surface area (Å²) in [5, 5.41) is 5.57. The molecule has 0 fully saturated rings. The molecule has 0 aliphatic heterocycles. The SMILES string of the molecule is CC(N)c1csc(-c2ccc3ccccc3c2)n1. The summed E-state index contributed by atoms with van der Waals surface area (Å²) in [4.78, 5) is 4.58. The summed E-state index contributed by atoms with van der Waals surface area (Å²) in [6, 6.07) is 14.8. The lowest BCUT2D eigenvalue weighted by atomic mass is 10.1. The van der Waals surface area contributed by atoms with Gasteiger partial charge in [-0.2, -0.15) is 0 Å². The first kappa shape index (κ1) is 11.4. The van der Waals surface area contributed by atoms with Crippen LogP contribution in [0.2, 0.25) is 0 Å². The van der Waals surface area contributed by atoms with E-state index in [1.54, 1.807) is 11.3 Å². The molecule has 0 radical (unpaired) electrons. The first-order valence-electron chi connectivity index (χ1n) is 5.94. The molecule has 0 spiro atoms. The van der Waals surface area contributed by atoms with Gasteiger partial charge in [0.2, 0.25) is 0 Å². The van der Waals surface area contributed by atoms with Crippen LogP contribution in [-0.2, 0) is 0 Å². The van der Waals surface area contributed by atoms with Crippen molar-refractivity contribution in [1.29, 1.82) is 0 Å². The third kappa shape index (κ3) is 2.03. The Bertz CT molecular complexity index is 686. The Morgan fingerprint density at radius 1 is 1.11 bits per heavy atom. The van der Waals surface area contributed by atoms with Gasteiger partial charge < -0.3 is 5.73 Å². The third-order valence-electron chi connectivity index (χ3n) is 2.98. The van der Waals surface area contributed by atoms with Crippen LogP contribution in [0.25, 0.3) is 21.3 Å². The number of aromatic nitrogens is 1. The van der Waals surface area contributed by atoms with Crippen LogP contribution >= 0.6 is 11.3 Å². The van der Waals surface area contributed by atoms with Gasteiger partial charge in [0, 0.05) is 17.0 Å². The molecule has 1 heterocycles. The first-order chi connectivity index (χ1) is 8.74. The largest absolute Gasteiger partial charge is 0.323 e. The number of thiazole rings is 1. The van der Waals surface area contributed by atoms with Crippen molar-refractivity contribution in [1.82, 2.24) is 4.98 Å². The summed E-state index contributed by atoms with van der Waals surface area (Å²) in [6.07, 6.45) is 0. The minimum absolute atomic E-state index is 0.00421. The Morgan fingerprint density at radius 2 is 1.89 bits per heavy atom. The molecular formula is C15H14N2S. The van der Waals surface area contributed by atoms with Crippen molar-refractivity contribution in [3.05, 3.63) is 53.5 Å². The summed E-state index contributed by atoms with van der Waals surface area (Å²) < 4.78 is 0. The van der Waals surface area contributed by atoms with Crippen LogP contribution in [-0.4, -0.2) is 4.98 Å². The van der Waals surface area contributed by atoms with E-state index in [4.69, 9.17) is 5.73 Å². The van der Waals surface area contributed by atoms with E-state index in [-0.39, 0.29) is 6.04 Å². The van der Waals surface area contributed by atoms with Crippen LogP contribution in [0.4, 0.5) is 0 Å². The molecule has 3 heteroatoms. The molecule has 1 unspecified atom stereocenters. The molecular weight excluding hydrogens is 240 g/mol. The topological polar surface area (TPSA) is 38.9 Å². The van der Waals surface area contributed by atoms with Crippen molar-refractivity contribution >= 4 is 22.1 Å². The second kappa shape index (κ2) is 4.52. The highest BCUT2D eigenvalue weighted by Crippen LogP contribution is 2.28. The van der Waals surface area contributed by atoms with Crippen LogP contribution < -0.4 is 5.73 Å². The summed E-state index contributed by atoms with van der Waals surface area (Å²) in [5.74, 6) is 0. The lowest BCUT2D eigenvalue weighted by molar-refractivity contribution is 0.790. The predicted octanol–water partition coefficient (Wildman–Crippen LogP) is 3.98. The van der Waals surface area contributed by atoms with Crippen molar-refractivity contribution in [2.24, 2.45) is 5.73 Å². The number of fused-ring (bicyclic) bond motifs is 1. The number of rotatable bonds is 2. The van der Waals surface area contributed by atoms with E-state index in [1.807, 2.05) is 12.3 Å². The van der Waals surface area contributed by atoms with Gasteiger partial charge in [0.15, 0.2) is 0 Å². The highest BCUT2D eigenvalue weighted by atomic mass is 32.1. The number of nitrogens with zero attached hydrogens (tertiary/aromatic N) is 1. The van der Waals surface area contributed by atoms with E-state index in [2.05, 4.69) is 47.4 Å². The molecule has 0 aliphatic rings. The average molecular weight is 254 g/mol. The quantitative estimate of drug-likeness (QED) is 0.751. The molecule has 0 bridgehead atoms. The highest BCUT2D eigenvalue weighted by Gasteiger charge is 2.08. The van der Waals surface area contributed by atoms with Gasteiger partial charge in [-0.25, -0.2) is 4.98 Å². The Morgan fingerprint density at radius 3 is 2.61 bits per heavy atom. The molecule has 0 aliphatic carbocycles. The molecule has 2 N–H and O–H groups in total. The Hall–Kier alpha value is -1.71. The summed E-state index contributed by atoms with van der Waals surface area (Å²) >= 11 is 1.65. The number of benzene rings is 2. The van der Waals surface area contributed by atoms with Gasteiger partial charge in [0.25, 0.3) is 0 Å². The number of hydrogen-bond donors (Lipinski definition) is 1. The zero-order valence-electron chi connectivity index (χ0n) is 10.1. The van der Waals surface area contributed by atoms with Crippen molar-refractivity contribution in [2.45, 2.75) is 13.0 Å². The van der Waals surface area contributed by atoms with Crippen LogP contribution in [0, 0.1) is 0 Å². The van der Waals surface area contributed by atoms with E-state index in [9.17, 15) is 0 Å². The minimum atomic E-state index is -0.00421. The second-order valence-electron chi connectivity index (χ2n) is 4.43. The van der Waals surface area contributed by atoms with Gasteiger partial charge in [0.1, 0.15) is 5.01 Å². The lowest BCUT2D eigenvalue weighted by Gasteiger charge is -2.01. The zero-order chi connectivity index (χ0) is 12.5. The molecule has 0 saturated heterocycles. The fraction of sp³-hybridized carbons (Fsp3) is 0.133. The van der Waals surface area contributed by atoms with Crippen molar-refractivity contribution in [2.75, 3.05) is 0 Å². The molecule has 18 heavy (non-hydrogen) atoms. The maximum atomic E-state index is 5.84. The summed E-state index contributed by atoms with van der Waals surface area (Å²) in [7, 11) is 0. The van der Waals surface area contributed by atoms with Crippen LogP contribution in [0.5, 0.6) is 0 Å². The number of nitrogens with two attached hydrogens (primary N) is 1. The maximum absolute atomic E-state index is 5.84. The van der Waals surface area contributed by atoms with Gasteiger partial charge in [-0.1, -0.05) is 36.4 Å². The van der Waals surface area contributed by atoms with Gasteiger partial charge in [0.05, 0.1) is 5.69 Å². The molecule has 2 nitrogen and oxygen atoms in total. The first-order valence-corrected chi connectivity index (χ1v) is 6.82. The Balaban J connectivity index is 2.07. The second-order valence-corrected chi connectivity index (χ2v) is 5.29. The molecule has 2 aromatic carbocycles. The molecule has 3 rings (SSSR count). The van der Waals surface area contributed by atoms with Gasteiger partial charge in [-0.3, -0.25) is 0 Å². The zero-order valence-corrected chi connectivity index (χ0v) is 10.9. The predicted molar refractivity (Wildman–Crippen MR) is 77.7 cm³/mol. The van der Waals surface area contributed by atoms with Crippen molar-refractivity contribution in [3.63, 3.8) is 0 Å². The summed E-state index contributed by atoms with van der Waals surface area (Å²) in [6.45, 7) is 1.96.